The predicted octanol–water partition coefficient (Wildman–Crippen LogP) is 4.45. The lowest BCUT2D eigenvalue weighted by Gasteiger charge is -2.33. The highest BCUT2D eigenvalue weighted by Gasteiger charge is 2.40. The summed E-state index contributed by atoms with van der Waals surface area (Å²) in [4.78, 5) is 18.3. The Kier molecular flexibility index (Phi) is 4.65. The van der Waals surface area contributed by atoms with Crippen LogP contribution in [0.5, 0.6) is 0 Å². The highest BCUT2D eigenvalue weighted by Crippen LogP contribution is 2.40. The number of nitrogens with zero attached hydrogens (tertiary/aromatic N) is 3. The minimum absolute atomic E-state index is 0.0584. The number of carbonyl (C=O) groups excluding carboxylic acids is 1. The Morgan fingerprint density at radius 3 is 2.79 bits per heavy atom. The summed E-state index contributed by atoms with van der Waals surface area (Å²) in [5, 5.41) is 11.8. The summed E-state index contributed by atoms with van der Waals surface area (Å²) in [5.41, 5.74) is -0.379. The van der Waals surface area contributed by atoms with Crippen LogP contribution in [0.3, 0.4) is 0 Å². The number of amides is 1. The lowest BCUT2D eigenvalue weighted by Crippen LogP contribution is -2.39. The van der Waals surface area contributed by atoms with Crippen LogP contribution in [-0.4, -0.2) is 20.7 Å². The third-order valence-electron chi connectivity index (χ3n) is 4.54. The molecule has 1 amide bonds. The molecule has 2 atom stereocenters. The van der Waals surface area contributed by atoms with Crippen LogP contribution < -0.4 is 10.6 Å². The third kappa shape index (κ3) is 3.63. The molecule has 0 saturated heterocycles. The van der Waals surface area contributed by atoms with Crippen molar-refractivity contribution in [2.75, 3.05) is 10.6 Å². The Balaban J connectivity index is 1.69. The van der Waals surface area contributed by atoms with Gasteiger partial charge in [0.1, 0.15) is 17.8 Å². The molecule has 0 fully saturated rings. The number of rotatable bonds is 3. The number of halogens is 3. The summed E-state index contributed by atoms with van der Waals surface area (Å²) in [7, 11) is 0. The van der Waals surface area contributed by atoms with E-state index in [1.807, 2.05) is 17.5 Å². The highest BCUT2D eigenvalue weighted by molar-refractivity contribution is 7.10. The van der Waals surface area contributed by atoms with Crippen LogP contribution in [-0.2, 0) is 11.0 Å². The number of hydrogen-bond acceptors (Lipinski definition) is 5. The van der Waals surface area contributed by atoms with E-state index < -0.39 is 29.6 Å². The van der Waals surface area contributed by atoms with Crippen LogP contribution in [0.1, 0.15) is 22.3 Å². The van der Waals surface area contributed by atoms with Crippen molar-refractivity contribution in [2.24, 2.45) is 5.92 Å². The van der Waals surface area contributed by atoms with E-state index in [1.165, 1.54) is 23.5 Å². The molecule has 150 valence electrons. The van der Waals surface area contributed by atoms with Crippen LogP contribution in [0.2, 0.25) is 0 Å². The van der Waals surface area contributed by atoms with E-state index in [2.05, 4.69) is 27.3 Å². The Morgan fingerprint density at radius 1 is 1.31 bits per heavy atom. The fourth-order valence-electron chi connectivity index (χ4n) is 3.30. The van der Waals surface area contributed by atoms with Crippen LogP contribution in [0, 0.1) is 12.8 Å². The number of anilines is 2. The van der Waals surface area contributed by atoms with Gasteiger partial charge in [-0.2, -0.15) is 23.3 Å². The molecule has 0 saturated carbocycles. The van der Waals surface area contributed by atoms with Crippen LogP contribution >= 0.6 is 11.3 Å². The molecule has 1 aliphatic rings. The SMILES string of the molecule is C=C1Nc2nc(C)nn2[C@@H](c2cccs2)[C@H]1C(=O)Nc1cccc(C(F)(F)F)c1. The quantitative estimate of drug-likeness (QED) is 0.658. The maximum Gasteiger partial charge on any atom is 0.416 e. The van der Waals surface area contributed by atoms with Crippen molar-refractivity contribution in [2.45, 2.75) is 19.1 Å². The molecular weight excluding hydrogens is 403 g/mol. The number of alkyl halides is 3. The third-order valence-corrected chi connectivity index (χ3v) is 5.48. The highest BCUT2D eigenvalue weighted by atomic mass is 32.1. The van der Waals surface area contributed by atoms with Crippen LogP contribution in [0.4, 0.5) is 24.8 Å². The summed E-state index contributed by atoms with van der Waals surface area (Å²) in [6.45, 7) is 5.69. The maximum atomic E-state index is 13.1. The van der Waals surface area contributed by atoms with Gasteiger partial charge in [-0.1, -0.05) is 18.7 Å². The van der Waals surface area contributed by atoms with Crippen LogP contribution in [0.15, 0.2) is 54.1 Å². The van der Waals surface area contributed by atoms with Gasteiger partial charge in [0.05, 0.1) is 5.56 Å². The van der Waals surface area contributed by atoms with Crippen molar-refractivity contribution in [3.63, 3.8) is 0 Å². The van der Waals surface area contributed by atoms with Crippen molar-refractivity contribution in [3.8, 4) is 0 Å². The predicted molar refractivity (Wildman–Crippen MR) is 104 cm³/mol. The molecule has 2 aromatic heterocycles. The van der Waals surface area contributed by atoms with E-state index in [0.29, 0.717) is 17.5 Å². The smallest absolute Gasteiger partial charge is 0.328 e. The molecule has 0 spiro atoms. The van der Waals surface area contributed by atoms with E-state index in [1.54, 1.807) is 11.6 Å². The van der Waals surface area contributed by atoms with Crippen molar-refractivity contribution >= 4 is 28.9 Å². The molecule has 0 aliphatic carbocycles. The lowest BCUT2D eigenvalue weighted by molar-refractivity contribution is -0.137. The molecule has 6 nitrogen and oxygen atoms in total. The summed E-state index contributed by atoms with van der Waals surface area (Å²) < 4.78 is 40.6. The molecule has 3 heterocycles. The second-order valence-corrected chi connectivity index (χ2v) is 7.56. The number of nitrogens with one attached hydrogen (secondary N) is 2. The van der Waals surface area contributed by atoms with E-state index in [4.69, 9.17) is 0 Å². The van der Waals surface area contributed by atoms with Gasteiger partial charge in [-0.3, -0.25) is 4.79 Å². The van der Waals surface area contributed by atoms with E-state index in [0.717, 1.165) is 17.0 Å². The number of fused-ring (bicyclic) bond motifs is 1. The number of carbonyl (C=O) groups is 1. The van der Waals surface area contributed by atoms with Gasteiger partial charge in [-0.25, -0.2) is 4.68 Å². The number of aromatic nitrogens is 3. The molecular formula is C19H16F3N5OS. The monoisotopic (exact) mass is 419 g/mol. The van der Waals surface area contributed by atoms with E-state index in [-0.39, 0.29) is 5.69 Å². The van der Waals surface area contributed by atoms with Crippen molar-refractivity contribution < 1.29 is 18.0 Å². The fourth-order valence-corrected chi connectivity index (χ4v) is 4.15. The van der Waals surface area contributed by atoms with Gasteiger partial charge in [0.25, 0.3) is 0 Å². The fraction of sp³-hybridized carbons (Fsp3) is 0.211. The average molecular weight is 419 g/mol. The van der Waals surface area contributed by atoms with Crippen molar-refractivity contribution in [1.29, 1.82) is 0 Å². The number of aryl methyl sites for hydroxylation is 1. The molecule has 0 radical (unpaired) electrons. The summed E-state index contributed by atoms with van der Waals surface area (Å²) >= 11 is 1.45. The molecule has 0 bridgehead atoms. The Morgan fingerprint density at radius 2 is 2.10 bits per heavy atom. The van der Waals surface area contributed by atoms with Gasteiger partial charge in [0.2, 0.25) is 11.9 Å². The summed E-state index contributed by atoms with van der Waals surface area (Å²) in [5.74, 6) is -0.286. The first-order valence-corrected chi connectivity index (χ1v) is 9.52. The molecule has 0 unspecified atom stereocenters. The largest absolute Gasteiger partial charge is 0.416 e. The minimum Gasteiger partial charge on any atom is -0.328 e. The Hall–Kier alpha value is -3.14. The van der Waals surface area contributed by atoms with Gasteiger partial charge < -0.3 is 10.6 Å². The minimum atomic E-state index is -4.50. The van der Waals surface area contributed by atoms with E-state index >= 15 is 0 Å². The van der Waals surface area contributed by atoms with Gasteiger partial charge >= 0.3 is 6.18 Å². The average Bonchev–Trinajstić information content (AvgIpc) is 3.28. The molecule has 1 aliphatic heterocycles. The molecule has 2 N–H and O–H groups in total. The van der Waals surface area contributed by atoms with Gasteiger partial charge in [0, 0.05) is 16.3 Å². The Labute approximate surface area is 168 Å². The molecule has 1 aromatic carbocycles. The standard InChI is InChI=1S/C19H16F3N5OS/c1-10-15(17(28)25-13-6-3-5-12(9-13)19(20,21)22)16(14-7-4-8-29-14)27-18(23-10)24-11(2)26-27/h3-9,15-16H,1H2,2H3,(H,25,28)(H,23,24,26)/t15-,16-/m0/s1. The molecule has 3 aromatic rings. The number of benzene rings is 1. The topological polar surface area (TPSA) is 71.8 Å². The first-order chi connectivity index (χ1) is 13.7. The summed E-state index contributed by atoms with van der Waals surface area (Å²) in [6.07, 6.45) is -4.50. The normalized spacial score (nSPS) is 18.8. The molecule has 4 rings (SSSR count). The van der Waals surface area contributed by atoms with Gasteiger partial charge in [0.15, 0.2) is 0 Å². The first-order valence-electron chi connectivity index (χ1n) is 8.64. The zero-order valence-electron chi connectivity index (χ0n) is 15.2. The maximum absolute atomic E-state index is 13.1. The van der Waals surface area contributed by atoms with Crippen LogP contribution in [0.25, 0.3) is 0 Å². The zero-order chi connectivity index (χ0) is 20.8. The second kappa shape index (κ2) is 7.03. The number of thiophene rings is 1. The molecule has 29 heavy (non-hydrogen) atoms. The summed E-state index contributed by atoms with van der Waals surface area (Å²) in [6, 6.07) is 7.75. The number of hydrogen-bond donors (Lipinski definition) is 2. The van der Waals surface area contributed by atoms with Crippen molar-refractivity contribution in [1.82, 2.24) is 14.8 Å². The molecule has 10 heteroatoms. The zero-order valence-corrected chi connectivity index (χ0v) is 16.0. The van der Waals surface area contributed by atoms with Gasteiger partial charge in [-0.05, 0) is 36.6 Å². The lowest BCUT2D eigenvalue weighted by atomic mass is 9.92. The van der Waals surface area contributed by atoms with E-state index in [9.17, 15) is 18.0 Å². The van der Waals surface area contributed by atoms with Crippen molar-refractivity contribution in [3.05, 3.63) is 70.3 Å². The van der Waals surface area contributed by atoms with Gasteiger partial charge in [-0.15, -0.1) is 11.3 Å². The first kappa shape index (κ1) is 19.2. The second-order valence-electron chi connectivity index (χ2n) is 6.58. The Bertz CT molecular complexity index is 1070.